The van der Waals surface area contributed by atoms with Gasteiger partial charge in [0.1, 0.15) is 5.65 Å². The van der Waals surface area contributed by atoms with Crippen LogP contribution in [-0.4, -0.2) is 9.38 Å². The number of aryl methyl sites for hydroxylation is 1. The Labute approximate surface area is 98.3 Å². The number of alkyl halides is 1. The maximum atomic E-state index is 5.84. The van der Waals surface area contributed by atoms with E-state index >= 15 is 0 Å². The Morgan fingerprint density at radius 3 is 2.86 bits per heavy atom. The number of hydrogen-bond acceptors (Lipinski definition) is 1. The van der Waals surface area contributed by atoms with Gasteiger partial charge >= 0.3 is 0 Å². The Balaban J connectivity index is 0.000000980. The summed E-state index contributed by atoms with van der Waals surface area (Å²) in [4.78, 5) is 4.34. The van der Waals surface area contributed by atoms with Crippen molar-refractivity contribution in [3.05, 3.63) is 34.7 Å². The summed E-state index contributed by atoms with van der Waals surface area (Å²) in [5, 5.41) is 0.693. The number of pyridine rings is 1. The average Bonchev–Trinajstić information content (AvgIpc) is 2.39. The van der Waals surface area contributed by atoms with Crippen molar-refractivity contribution in [1.29, 1.82) is 0 Å². The van der Waals surface area contributed by atoms with Crippen molar-refractivity contribution in [3.63, 3.8) is 0 Å². The Morgan fingerprint density at radius 1 is 1.50 bits per heavy atom. The predicted octanol–water partition coefficient (Wildman–Crippen LogP) is 3.46. The molecule has 0 saturated carbocycles. The van der Waals surface area contributed by atoms with Crippen LogP contribution in [0.5, 0.6) is 0 Å². The predicted molar refractivity (Wildman–Crippen MR) is 61.7 cm³/mol. The minimum atomic E-state index is 0. The zero-order chi connectivity index (χ0) is 9.42. The molecule has 0 aromatic carbocycles. The maximum Gasteiger partial charge on any atom is 0.138 e. The monoisotopic (exact) mass is 250 g/mol. The van der Waals surface area contributed by atoms with Crippen LogP contribution in [0.15, 0.2) is 18.3 Å². The molecule has 2 rings (SSSR count). The van der Waals surface area contributed by atoms with Crippen molar-refractivity contribution in [1.82, 2.24) is 9.38 Å². The molecule has 0 bridgehead atoms. The molecule has 2 aromatic heterocycles. The van der Waals surface area contributed by atoms with Gasteiger partial charge in [-0.05, 0) is 13.0 Å². The van der Waals surface area contributed by atoms with Gasteiger partial charge in [-0.3, -0.25) is 0 Å². The minimum absolute atomic E-state index is 0. The van der Waals surface area contributed by atoms with Crippen molar-refractivity contribution in [3.8, 4) is 0 Å². The molecule has 0 aliphatic carbocycles. The first kappa shape index (κ1) is 11.6. The Morgan fingerprint density at radius 2 is 2.21 bits per heavy atom. The number of hydrogen-bond donors (Lipinski definition) is 0. The molecule has 0 radical (unpaired) electrons. The molecule has 14 heavy (non-hydrogen) atoms. The van der Waals surface area contributed by atoms with Gasteiger partial charge in [-0.15, -0.1) is 24.0 Å². The molecule has 0 fully saturated rings. The van der Waals surface area contributed by atoms with Crippen LogP contribution in [0.4, 0.5) is 0 Å². The molecule has 2 aromatic rings. The molecular formula is C9H9Cl3N2. The number of imidazole rings is 1. The van der Waals surface area contributed by atoms with Crippen LogP contribution in [0.3, 0.4) is 0 Å². The van der Waals surface area contributed by atoms with Gasteiger partial charge in [0.15, 0.2) is 0 Å². The Kier molecular flexibility index (Phi) is 3.65. The van der Waals surface area contributed by atoms with Crippen LogP contribution in [-0.2, 0) is 5.88 Å². The van der Waals surface area contributed by atoms with E-state index < -0.39 is 0 Å². The molecule has 5 heteroatoms. The van der Waals surface area contributed by atoms with Gasteiger partial charge in [0.2, 0.25) is 0 Å². The minimum Gasteiger partial charge on any atom is -0.302 e. The molecule has 2 heterocycles. The van der Waals surface area contributed by atoms with Crippen LogP contribution < -0.4 is 0 Å². The van der Waals surface area contributed by atoms with Crippen molar-refractivity contribution in [2.75, 3.05) is 0 Å². The van der Waals surface area contributed by atoms with E-state index in [1.165, 1.54) is 0 Å². The first-order chi connectivity index (χ1) is 6.22. The van der Waals surface area contributed by atoms with Crippen LogP contribution in [0.25, 0.3) is 5.65 Å². The summed E-state index contributed by atoms with van der Waals surface area (Å²) in [6.45, 7) is 1.94. The number of nitrogens with zero attached hydrogens (tertiary/aromatic N) is 2. The van der Waals surface area contributed by atoms with Crippen LogP contribution in [0.2, 0.25) is 5.02 Å². The highest BCUT2D eigenvalue weighted by atomic mass is 35.5. The average molecular weight is 252 g/mol. The Bertz CT molecular complexity index is 450. The van der Waals surface area contributed by atoms with Gasteiger partial charge < -0.3 is 4.40 Å². The molecule has 76 valence electrons. The standard InChI is InChI=1S/C9H8Cl2N2.ClH/c1-6-8(5-10)13-3-2-7(11)4-9(13)12-6;/h2-4H,5H2,1H3;1H. The van der Waals surface area contributed by atoms with Crippen molar-refractivity contribution in [2.45, 2.75) is 12.8 Å². The molecule has 0 unspecified atom stereocenters. The highest BCUT2D eigenvalue weighted by Gasteiger charge is 2.06. The summed E-state index contributed by atoms with van der Waals surface area (Å²) < 4.78 is 1.95. The van der Waals surface area contributed by atoms with E-state index in [0.717, 1.165) is 17.0 Å². The Hall–Kier alpha value is -0.440. The van der Waals surface area contributed by atoms with Crippen molar-refractivity contribution >= 4 is 41.3 Å². The lowest BCUT2D eigenvalue weighted by atomic mass is 10.4. The highest BCUT2D eigenvalue weighted by Crippen LogP contribution is 2.17. The van der Waals surface area contributed by atoms with E-state index in [9.17, 15) is 0 Å². The molecule has 2 nitrogen and oxygen atoms in total. The van der Waals surface area contributed by atoms with E-state index in [-0.39, 0.29) is 12.4 Å². The lowest BCUT2D eigenvalue weighted by Crippen LogP contribution is -1.89. The van der Waals surface area contributed by atoms with E-state index in [1.54, 1.807) is 0 Å². The molecular weight excluding hydrogens is 242 g/mol. The van der Waals surface area contributed by atoms with Gasteiger partial charge in [-0.2, -0.15) is 0 Å². The van der Waals surface area contributed by atoms with Crippen molar-refractivity contribution in [2.24, 2.45) is 0 Å². The highest BCUT2D eigenvalue weighted by molar-refractivity contribution is 6.30. The fraction of sp³-hybridized carbons (Fsp3) is 0.222. The van der Waals surface area contributed by atoms with Gasteiger partial charge in [0, 0.05) is 17.3 Å². The number of halogens is 3. The third kappa shape index (κ3) is 1.83. The first-order valence-corrected chi connectivity index (χ1v) is 4.82. The SMILES string of the molecule is Cc1nc2cc(Cl)ccn2c1CCl.Cl. The van der Waals surface area contributed by atoms with Gasteiger partial charge in [0.05, 0.1) is 17.3 Å². The molecule has 0 amide bonds. The lowest BCUT2D eigenvalue weighted by Gasteiger charge is -1.97. The van der Waals surface area contributed by atoms with E-state index in [2.05, 4.69) is 4.98 Å². The third-order valence-electron chi connectivity index (χ3n) is 2.01. The quantitative estimate of drug-likeness (QED) is 0.710. The largest absolute Gasteiger partial charge is 0.302 e. The second-order valence-corrected chi connectivity index (χ2v) is 3.55. The molecule has 0 saturated heterocycles. The van der Waals surface area contributed by atoms with Crippen LogP contribution in [0.1, 0.15) is 11.4 Å². The first-order valence-electron chi connectivity index (χ1n) is 3.91. The lowest BCUT2D eigenvalue weighted by molar-refractivity contribution is 1.07. The van der Waals surface area contributed by atoms with Gasteiger partial charge in [0.25, 0.3) is 0 Å². The van der Waals surface area contributed by atoms with Crippen LogP contribution >= 0.6 is 35.6 Å². The summed E-state index contributed by atoms with van der Waals surface area (Å²) in [6.07, 6.45) is 1.88. The molecule has 0 spiro atoms. The normalized spacial score (nSPS) is 10.2. The summed E-state index contributed by atoms with van der Waals surface area (Å²) in [5.74, 6) is 0.467. The summed E-state index contributed by atoms with van der Waals surface area (Å²) in [7, 11) is 0. The fourth-order valence-electron chi connectivity index (χ4n) is 1.35. The molecule has 0 atom stereocenters. The van der Waals surface area contributed by atoms with Gasteiger partial charge in [-0.25, -0.2) is 4.98 Å². The summed E-state index contributed by atoms with van der Waals surface area (Å²) in [5.41, 5.74) is 2.83. The molecule has 0 aliphatic heterocycles. The van der Waals surface area contributed by atoms with Crippen molar-refractivity contribution < 1.29 is 0 Å². The second-order valence-electron chi connectivity index (χ2n) is 2.85. The zero-order valence-electron chi connectivity index (χ0n) is 7.50. The van der Waals surface area contributed by atoms with Crippen LogP contribution in [0, 0.1) is 6.92 Å². The van der Waals surface area contributed by atoms with Gasteiger partial charge in [-0.1, -0.05) is 11.6 Å². The third-order valence-corrected chi connectivity index (χ3v) is 2.50. The second kappa shape index (κ2) is 4.39. The zero-order valence-corrected chi connectivity index (χ0v) is 9.83. The smallest absolute Gasteiger partial charge is 0.138 e. The summed E-state index contributed by atoms with van der Waals surface area (Å²) >= 11 is 11.6. The van der Waals surface area contributed by atoms with E-state index in [0.29, 0.717) is 10.9 Å². The number of aromatic nitrogens is 2. The maximum absolute atomic E-state index is 5.84. The van der Waals surface area contributed by atoms with E-state index in [4.69, 9.17) is 23.2 Å². The topological polar surface area (TPSA) is 17.3 Å². The molecule has 0 N–H and O–H groups in total. The molecule has 0 aliphatic rings. The number of rotatable bonds is 1. The fourth-order valence-corrected chi connectivity index (χ4v) is 1.83. The summed E-state index contributed by atoms with van der Waals surface area (Å²) in [6, 6.07) is 3.65. The van der Waals surface area contributed by atoms with E-state index in [1.807, 2.05) is 29.7 Å². The number of fused-ring (bicyclic) bond motifs is 1.